The maximum Gasteiger partial charge on any atom is 0.310 e. The number of nitro groups is 1. The van der Waals surface area contributed by atoms with Gasteiger partial charge < -0.3 is 14.4 Å². The van der Waals surface area contributed by atoms with Crippen LogP contribution >= 0.6 is 0 Å². The van der Waals surface area contributed by atoms with E-state index >= 15 is 0 Å². The molecule has 0 N–H and O–H groups in total. The minimum Gasteiger partial charge on any atom is -0.497 e. The molecule has 1 heterocycles. The Kier molecular flexibility index (Phi) is 6.43. The van der Waals surface area contributed by atoms with Crippen LogP contribution in [0.25, 0.3) is 0 Å². The first kappa shape index (κ1) is 20.3. The lowest BCUT2D eigenvalue weighted by molar-refractivity contribution is -0.385. The second-order valence-corrected chi connectivity index (χ2v) is 6.76. The molecule has 2 aromatic carbocycles. The van der Waals surface area contributed by atoms with E-state index in [2.05, 4.69) is 0 Å². The Morgan fingerprint density at radius 3 is 2.38 bits per heavy atom. The van der Waals surface area contributed by atoms with Gasteiger partial charge >= 0.3 is 5.69 Å². The lowest BCUT2D eigenvalue weighted by Gasteiger charge is -2.31. The summed E-state index contributed by atoms with van der Waals surface area (Å²) in [6.07, 6.45) is 1.14. The molecule has 0 saturated carbocycles. The highest BCUT2D eigenvalue weighted by atomic mass is 16.6. The van der Waals surface area contributed by atoms with Crippen LogP contribution in [0.3, 0.4) is 0 Å². The van der Waals surface area contributed by atoms with Gasteiger partial charge in [-0.25, -0.2) is 0 Å². The van der Waals surface area contributed by atoms with Crippen LogP contribution in [0.15, 0.2) is 48.5 Å². The van der Waals surface area contributed by atoms with Gasteiger partial charge in [0.2, 0.25) is 0 Å². The van der Waals surface area contributed by atoms with Crippen LogP contribution in [0.1, 0.15) is 23.2 Å². The van der Waals surface area contributed by atoms with Gasteiger partial charge in [-0.05, 0) is 43.2 Å². The number of ether oxygens (including phenoxy) is 2. The molecule has 0 bridgehead atoms. The Labute approximate surface area is 168 Å². The van der Waals surface area contributed by atoms with Gasteiger partial charge in [0, 0.05) is 30.6 Å². The monoisotopic (exact) mass is 398 g/mol. The van der Waals surface area contributed by atoms with Gasteiger partial charge in [-0.15, -0.1) is 0 Å². The Balaban J connectivity index is 1.51. The summed E-state index contributed by atoms with van der Waals surface area (Å²) in [7, 11) is 1.57. The van der Waals surface area contributed by atoms with Crippen molar-refractivity contribution in [1.82, 2.24) is 4.90 Å². The van der Waals surface area contributed by atoms with Crippen molar-refractivity contribution in [2.24, 2.45) is 5.92 Å². The molecule has 3 rings (SSSR count). The highest BCUT2D eigenvalue weighted by Gasteiger charge is 2.28. The van der Waals surface area contributed by atoms with Gasteiger partial charge in [0.15, 0.2) is 18.1 Å². The molecule has 152 valence electrons. The Morgan fingerprint density at radius 2 is 1.76 bits per heavy atom. The van der Waals surface area contributed by atoms with Crippen molar-refractivity contribution in [1.29, 1.82) is 0 Å². The number of amides is 1. The van der Waals surface area contributed by atoms with Gasteiger partial charge in [0.1, 0.15) is 5.75 Å². The maximum atomic E-state index is 12.7. The first-order valence-electron chi connectivity index (χ1n) is 9.32. The minimum absolute atomic E-state index is 0.0652. The number of hydrogen-bond acceptors (Lipinski definition) is 6. The molecule has 0 aliphatic carbocycles. The highest BCUT2D eigenvalue weighted by molar-refractivity contribution is 5.98. The predicted molar refractivity (Wildman–Crippen MR) is 105 cm³/mol. The van der Waals surface area contributed by atoms with E-state index in [0.717, 1.165) is 0 Å². The van der Waals surface area contributed by atoms with Crippen LogP contribution in [0, 0.1) is 16.0 Å². The maximum absolute atomic E-state index is 12.7. The van der Waals surface area contributed by atoms with Gasteiger partial charge in [-0.1, -0.05) is 12.1 Å². The van der Waals surface area contributed by atoms with Crippen molar-refractivity contribution in [2.75, 3.05) is 26.8 Å². The van der Waals surface area contributed by atoms with Crippen LogP contribution in [0.2, 0.25) is 0 Å². The van der Waals surface area contributed by atoms with Crippen molar-refractivity contribution >= 4 is 17.4 Å². The lowest BCUT2D eigenvalue weighted by atomic mass is 9.89. The zero-order valence-electron chi connectivity index (χ0n) is 16.1. The second-order valence-electron chi connectivity index (χ2n) is 6.76. The fourth-order valence-corrected chi connectivity index (χ4v) is 3.34. The molecule has 1 fully saturated rings. The average Bonchev–Trinajstić information content (AvgIpc) is 2.77. The summed E-state index contributed by atoms with van der Waals surface area (Å²) in [5.41, 5.74) is 0.458. The molecular formula is C21H22N2O6. The Hall–Kier alpha value is -3.42. The van der Waals surface area contributed by atoms with Crippen molar-refractivity contribution in [2.45, 2.75) is 12.8 Å². The van der Waals surface area contributed by atoms with Gasteiger partial charge in [0.25, 0.3) is 5.91 Å². The van der Waals surface area contributed by atoms with Crippen molar-refractivity contribution in [3.63, 3.8) is 0 Å². The summed E-state index contributed by atoms with van der Waals surface area (Å²) >= 11 is 0. The number of likely N-dealkylation sites (tertiary alicyclic amines) is 1. The van der Waals surface area contributed by atoms with E-state index in [1.165, 1.54) is 18.2 Å². The first-order chi connectivity index (χ1) is 14.0. The Bertz CT molecular complexity index is 888. The molecule has 29 heavy (non-hydrogen) atoms. The molecule has 0 spiro atoms. The number of piperidine rings is 1. The predicted octanol–water partition coefficient (Wildman–Crippen LogP) is 3.10. The second kappa shape index (κ2) is 9.18. The summed E-state index contributed by atoms with van der Waals surface area (Å²) in [5, 5.41) is 11.0. The van der Waals surface area contributed by atoms with Gasteiger partial charge in [-0.2, -0.15) is 0 Å². The van der Waals surface area contributed by atoms with Crippen LogP contribution < -0.4 is 9.47 Å². The van der Waals surface area contributed by atoms with E-state index in [1.807, 2.05) is 0 Å². The molecule has 8 nitrogen and oxygen atoms in total. The van der Waals surface area contributed by atoms with E-state index in [1.54, 1.807) is 42.3 Å². The number of para-hydroxylation sites is 2. The molecule has 1 saturated heterocycles. The number of benzene rings is 2. The summed E-state index contributed by atoms with van der Waals surface area (Å²) in [6, 6.07) is 13.0. The highest BCUT2D eigenvalue weighted by Crippen LogP contribution is 2.26. The minimum atomic E-state index is -0.546. The van der Waals surface area contributed by atoms with Crippen molar-refractivity contribution in [3.8, 4) is 11.5 Å². The third kappa shape index (κ3) is 4.90. The molecule has 2 aromatic rings. The number of nitrogens with zero attached hydrogens (tertiary/aromatic N) is 2. The van der Waals surface area contributed by atoms with Gasteiger partial charge in [0.05, 0.1) is 12.0 Å². The quantitative estimate of drug-likeness (QED) is 0.404. The molecule has 1 aliphatic rings. The summed E-state index contributed by atoms with van der Waals surface area (Å²) in [6.45, 7) is 0.624. The van der Waals surface area contributed by atoms with E-state index in [0.29, 0.717) is 37.2 Å². The largest absolute Gasteiger partial charge is 0.497 e. The number of nitro benzene ring substituents is 1. The molecule has 1 aliphatic heterocycles. The molecule has 8 heteroatoms. The molecule has 0 aromatic heterocycles. The summed E-state index contributed by atoms with van der Waals surface area (Å²) < 4.78 is 10.5. The summed E-state index contributed by atoms with van der Waals surface area (Å²) in [5.74, 6) is 0.439. The average molecular weight is 398 g/mol. The number of carbonyl (C=O) groups is 2. The number of Topliss-reactive ketones (excluding diaryl/α,β-unsaturated/α-hetero) is 1. The van der Waals surface area contributed by atoms with E-state index in [4.69, 9.17) is 9.47 Å². The number of methoxy groups -OCH3 is 1. The van der Waals surface area contributed by atoms with E-state index in [9.17, 15) is 19.7 Å². The van der Waals surface area contributed by atoms with Crippen LogP contribution in [0.5, 0.6) is 11.5 Å². The van der Waals surface area contributed by atoms with Crippen molar-refractivity contribution in [3.05, 3.63) is 64.2 Å². The number of ketones is 1. The number of rotatable bonds is 7. The number of hydrogen-bond donors (Lipinski definition) is 0. The van der Waals surface area contributed by atoms with Crippen LogP contribution in [-0.2, 0) is 4.79 Å². The van der Waals surface area contributed by atoms with E-state index in [-0.39, 0.29) is 35.7 Å². The zero-order valence-corrected chi connectivity index (χ0v) is 16.1. The standard InChI is InChI=1S/C21H22N2O6/c1-28-17-8-6-15(7-9-17)21(25)16-10-12-22(13-11-16)20(24)14-29-19-5-3-2-4-18(19)23(26)27/h2-9,16H,10-14H2,1H3. The van der Waals surface area contributed by atoms with Crippen LogP contribution in [-0.4, -0.2) is 48.3 Å². The van der Waals surface area contributed by atoms with Crippen molar-refractivity contribution < 1.29 is 24.0 Å². The zero-order chi connectivity index (χ0) is 20.8. The lowest BCUT2D eigenvalue weighted by Crippen LogP contribution is -2.42. The molecule has 0 radical (unpaired) electrons. The van der Waals surface area contributed by atoms with Gasteiger partial charge in [-0.3, -0.25) is 19.7 Å². The number of carbonyl (C=O) groups excluding carboxylic acids is 2. The normalized spacial score (nSPS) is 14.3. The first-order valence-corrected chi connectivity index (χ1v) is 9.32. The topological polar surface area (TPSA) is 99.0 Å². The Morgan fingerprint density at radius 1 is 1.10 bits per heavy atom. The fourth-order valence-electron chi connectivity index (χ4n) is 3.34. The smallest absolute Gasteiger partial charge is 0.310 e. The molecule has 0 atom stereocenters. The van der Waals surface area contributed by atoms with Crippen LogP contribution in [0.4, 0.5) is 5.69 Å². The SMILES string of the molecule is COc1ccc(C(=O)C2CCN(C(=O)COc3ccccc3[N+](=O)[O-])CC2)cc1. The third-order valence-corrected chi connectivity index (χ3v) is 5.01. The third-order valence-electron chi connectivity index (χ3n) is 5.01. The van der Waals surface area contributed by atoms with E-state index < -0.39 is 4.92 Å². The molecular weight excluding hydrogens is 376 g/mol. The summed E-state index contributed by atoms with van der Waals surface area (Å²) in [4.78, 5) is 37.2. The fraction of sp³-hybridized carbons (Fsp3) is 0.333. The molecule has 1 amide bonds. The molecule has 0 unspecified atom stereocenters.